The van der Waals surface area contributed by atoms with Gasteiger partial charge in [0.15, 0.2) is 5.82 Å². The Morgan fingerprint density at radius 3 is 1.20 bits per heavy atom. The number of fused-ring (bicyclic) bond motifs is 15. The highest BCUT2D eigenvalue weighted by atomic mass is 16.5. The molecule has 3 heteroatoms. The van der Waals surface area contributed by atoms with E-state index < -0.39 is 10.8 Å². The number of ether oxygens (including phenoxy) is 1. The van der Waals surface area contributed by atoms with E-state index in [4.69, 9.17) is 14.7 Å². The van der Waals surface area contributed by atoms with Gasteiger partial charge in [-0.3, -0.25) is 0 Å². The fourth-order valence-corrected chi connectivity index (χ4v) is 12.0. The number of aromatic nitrogens is 2. The second kappa shape index (κ2) is 15.3. The third kappa shape index (κ3) is 5.74. The van der Waals surface area contributed by atoms with E-state index >= 15 is 0 Å². The van der Waals surface area contributed by atoms with Crippen LogP contribution in [0.25, 0.3) is 67.3 Å². The maximum Gasteiger partial charge on any atom is 0.160 e. The van der Waals surface area contributed by atoms with Crippen LogP contribution in [0, 0.1) is 0 Å². The number of hydrogen-bond acceptors (Lipinski definition) is 3. The van der Waals surface area contributed by atoms with E-state index in [1.54, 1.807) is 0 Å². The van der Waals surface area contributed by atoms with Crippen LogP contribution >= 0.6 is 0 Å². The number of nitrogens with zero attached hydrogens (tertiary/aromatic N) is 2. The van der Waals surface area contributed by atoms with Crippen molar-refractivity contribution >= 4 is 0 Å². The van der Waals surface area contributed by atoms with E-state index in [-0.39, 0.29) is 0 Å². The van der Waals surface area contributed by atoms with Crippen LogP contribution in [0.15, 0.2) is 255 Å². The van der Waals surface area contributed by atoms with Crippen LogP contribution in [-0.2, 0) is 10.8 Å². The van der Waals surface area contributed by atoms with E-state index in [1.165, 1.54) is 50.1 Å². The first-order valence-electron chi connectivity index (χ1n) is 23.7. The Kier molecular flexibility index (Phi) is 8.71. The molecule has 0 saturated carbocycles. The standard InChI is InChI=1S/C66H42N2O/c1-3-19-43(20-4-1)45-23-17-25-48(39-45)60-42-61(68-64(67-60)44-21-5-2-6-22-44)49-26-18-24-46(40-49)47-37-38-53-51(41-47)50-27-7-8-28-52(50)65(53)54-29-9-11-31-56(54)66(57-32-12-10-30-55(57)65)58-33-13-15-35-62(58)69-63-36-16-14-34-59(63)66/h1-42H. The molecule has 2 aliphatic carbocycles. The SMILES string of the molecule is c1ccc(-c2cccc(-c3cc(-c4cccc(-c5ccc6c(c5)-c5ccccc5C65c6ccccc6C6(c7ccccc7Oc7ccccc76)c6ccccc65)c4)nc(-c4ccccc4)n3)c2)cc1. The predicted molar refractivity (Wildman–Crippen MR) is 278 cm³/mol. The van der Waals surface area contributed by atoms with Crippen molar-refractivity contribution in [3.63, 3.8) is 0 Å². The molecule has 322 valence electrons. The lowest BCUT2D eigenvalue weighted by Crippen LogP contribution is -2.45. The lowest BCUT2D eigenvalue weighted by Gasteiger charge is -2.51. The van der Waals surface area contributed by atoms with Gasteiger partial charge >= 0.3 is 0 Å². The molecule has 1 aliphatic heterocycles. The zero-order chi connectivity index (χ0) is 45.5. The molecular weight excluding hydrogens is 837 g/mol. The molecule has 0 atom stereocenters. The van der Waals surface area contributed by atoms with Crippen LogP contribution in [0.3, 0.4) is 0 Å². The Hall–Kier alpha value is -8.92. The Balaban J connectivity index is 0.939. The molecule has 3 nitrogen and oxygen atoms in total. The molecule has 2 spiro atoms. The molecule has 3 aliphatic rings. The summed E-state index contributed by atoms with van der Waals surface area (Å²) in [6.45, 7) is 0. The van der Waals surface area contributed by atoms with Gasteiger partial charge in [0, 0.05) is 27.8 Å². The topological polar surface area (TPSA) is 35.0 Å². The van der Waals surface area contributed by atoms with Crippen molar-refractivity contribution in [1.82, 2.24) is 9.97 Å². The highest BCUT2D eigenvalue weighted by Gasteiger charge is 2.58. The Morgan fingerprint density at radius 2 is 0.638 bits per heavy atom. The summed E-state index contributed by atoms with van der Waals surface area (Å²) in [6.07, 6.45) is 0. The molecule has 0 bridgehead atoms. The lowest BCUT2D eigenvalue weighted by molar-refractivity contribution is 0.429. The van der Waals surface area contributed by atoms with Gasteiger partial charge in [-0.2, -0.15) is 0 Å². The first-order chi connectivity index (χ1) is 34.2. The minimum Gasteiger partial charge on any atom is -0.457 e. The molecular formula is C66H42N2O. The molecule has 0 unspecified atom stereocenters. The van der Waals surface area contributed by atoms with E-state index in [9.17, 15) is 0 Å². The van der Waals surface area contributed by atoms with Crippen molar-refractivity contribution in [3.05, 3.63) is 299 Å². The summed E-state index contributed by atoms with van der Waals surface area (Å²) in [7, 11) is 0. The Morgan fingerprint density at radius 1 is 0.246 bits per heavy atom. The summed E-state index contributed by atoms with van der Waals surface area (Å²) in [4.78, 5) is 10.4. The van der Waals surface area contributed by atoms with Crippen LogP contribution < -0.4 is 4.74 Å². The van der Waals surface area contributed by atoms with E-state index in [2.05, 4.69) is 237 Å². The maximum atomic E-state index is 6.72. The first kappa shape index (κ1) is 39.3. The summed E-state index contributed by atoms with van der Waals surface area (Å²) in [5, 5.41) is 0. The molecule has 11 aromatic rings. The molecule has 0 amide bonds. The summed E-state index contributed by atoms with van der Waals surface area (Å²) in [5.41, 5.74) is 20.8. The second-order valence-electron chi connectivity index (χ2n) is 18.3. The summed E-state index contributed by atoms with van der Waals surface area (Å²) < 4.78 is 6.72. The number of rotatable bonds is 5. The van der Waals surface area contributed by atoms with Gasteiger partial charge in [-0.15, -0.1) is 0 Å². The monoisotopic (exact) mass is 878 g/mol. The highest BCUT2D eigenvalue weighted by molar-refractivity contribution is 5.92. The molecule has 69 heavy (non-hydrogen) atoms. The van der Waals surface area contributed by atoms with Crippen LogP contribution in [-0.4, -0.2) is 9.97 Å². The minimum absolute atomic E-state index is 0.573. The third-order valence-electron chi connectivity index (χ3n) is 14.8. The van der Waals surface area contributed by atoms with Gasteiger partial charge in [0.1, 0.15) is 11.5 Å². The van der Waals surface area contributed by atoms with Crippen molar-refractivity contribution in [2.75, 3.05) is 0 Å². The van der Waals surface area contributed by atoms with Crippen LogP contribution in [0.1, 0.15) is 44.5 Å². The summed E-state index contributed by atoms with van der Waals surface area (Å²) in [6, 6.07) is 92.3. The fraction of sp³-hybridized carbons (Fsp3) is 0.0303. The maximum absolute atomic E-state index is 6.72. The van der Waals surface area contributed by atoms with Gasteiger partial charge in [-0.1, -0.05) is 218 Å². The number of para-hydroxylation sites is 2. The third-order valence-corrected chi connectivity index (χ3v) is 14.8. The van der Waals surface area contributed by atoms with E-state index in [1.807, 2.05) is 18.2 Å². The molecule has 0 radical (unpaired) electrons. The highest BCUT2D eigenvalue weighted by Crippen LogP contribution is 2.67. The quantitative estimate of drug-likeness (QED) is 0.173. The average Bonchev–Trinajstić information content (AvgIpc) is 3.72. The van der Waals surface area contributed by atoms with E-state index in [0.29, 0.717) is 5.82 Å². The number of hydrogen-bond donors (Lipinski definition) is 0. The Labute approximate surface area is 401 Å². The largest absolute Gasteiger partial charge is 0.457 e. The normalized spacial score (nSPS) is 13.9. The minimum atomic E-state index is -0.603. The van der Waals surface area contributed by atoms with Crippen molar-refractivity contribution in [1.29, 1.82) is 0 Å². The molecule has 0 saturated heterocycles. The fourth-order valence-electron chi connectivity index (χ4n) is 12.0. The molecule has 14 rings (SSSR count). The van der Waals surface area contributed by atoms with Gasteiger partial charge in [0.25, 0.3) is 0 Å². The summed E-state index contributed by atoms with van der Waals surface area (Å²) in [5.74, 6) is 2.48. The molecule has 0 fully saturated rings. The van der Waals surface area contributed by atoms with Crippen molar-refractivity contribution < 1.29 is 4.74 Å². The molecule has 1 aromatic heterocycles. The van der Waals surface area contributed by atoms with Crippen molar-refractivity contribution in [2.24, 2.45) is 0 Å². The first-order valence-corrected chi connectivity index (χ1v) is 23.7. The van der Waals surface area contributed by atoms with Crippen molar-refractivity contribution in [2.45, 2.75) is 10.8 Å². The van der Waals surface area contributed by atoms with Gasteiger partial charge in [-0.05, 0) is 103 Å². The summed E-state index contributed by atoms with van der Waals surface area (Å²) >= 11 is 0. The zero-order valence-electron chi connectivity index (χ0n) is 37.6. The van der Waals surface area contributed by atoms with Gasteiger partial charge in [0.2, 0.25) is 0 Å². The van der Waals surface area contributed by atoms with Crippen LogP contribution in [0.4, 0.5) is 0 Å². The Bertz CT molecular complexity index is 3740. The zero-order valence-corrected chi connectivity index (χ0v) is 37.6. The van der Waals surface area contributed by atoms with E-state index in [0.717, 1.165) is 67.4 Å². The lowest BCUT2D eigenvalue weighted by atomic mass is 9.51. The average molecular weight is 879 g/mol. The number of benzene rings is 10. The van der Waals surface area contributed by atoms with Gasteiger partial charge in [0.05, 0.1) is 22.2 Å². The molecule has 2 heterocycles. The van der Waals surface area contributed by atoms with Crippen LogP contribution in [0.2, 0.25) is 0 Å². The predicted octanol–water partition coefficient (Wildman–Crippen LogP) is 16.0. The second-order valence-corrected chi connectivity index (χ2v) is 18.3. The molecule has 0 N–H and O–H groups in total. The van der Waals surface area contributed by atoms with Gasteiger partial charge < -0.3 is 4.74 Å². The molecule has 10 aromatic carbocycles. The van der Waals surface area contributed by atoms with Crippen LogP contribution in [0.5, 0.6) is 11.5 Å². The smallest absolute Gasteiger partial charge is 0.160 e. The van der Waals surface area contributed by atoms with Crippen molar-refractivity contribution in [3.8, 4) is 78.8 Å². The van der Waals surface area contributed by atoms with Gasteiger partial charge in [-0.25, -0.2) is 9.97 Å².